The highest BCUT2D eigenvalue weighted by molar-refractivity contribution is 7.00. The molecule has 3 aliphatic rings. The molecule has 1 fully saturated rings. The van der Waals surface area contributed by atoms with Gasteiger partial charge in [-0.3, -0.25) is 0 Å². The van der Waals surface area contributed by atoms with Gasteiger partial charge in [-0.05, 0) is 128 Å². The average Bonchev–Trinajstić information content (AvgIpc) is 0.796. The van der Waals surface area contributed by atoms with E-state index in [1.54, 1.807) is 0 Å². The first-order valence-corrected chi connectivity index (χ1v) is 31.0. The van der Waals surface area contributed by atoms with Crippen LogP contribution < -0.4 is 26.2 Å². The third-order valence-corrected chi connectivity index (χ3v) is 18.9. The Labute approximate surface area is 506 Å². The molecule has 1 aromatic heterocycles. The summed E-state index contributed by atoms with van der Waals surface area (Å²) < 4.78 is 2.50. The zero-order valence-electron chi connectivity index (χ0n) is 49.1. The summed E-state index contributed by atoms with van der Waals surface area (Å²) in [6.07, 6.45) is 6.04. The van der Waals surface area contributed by atoms with E-state index in [0.29, 0.717) is 5.92 Å². The number of anilines is 6. The Balaban J connectivity index is 1.07. The van der Waals surface area contributed by atoms with Crippen molar-refractivity contribution in [3.63, 3.8) is 0 Å². The van der Waals surface area contributed by atoms with Crippen molar-refractivity contribution in [3.05, 3.63) is 290 Å². The van der Waals surface area contributed by atoms with Gasteiger partial charge < -0.3 is 14.4 Å². The minimum atomic E-state index is -0.129. The average molecular weight is 1100 g/mol. The quantitative estimate of drug-likeness (QED) is 0.133. The van der Waals surface area contributed by atoms with Crippen LogP contribution in [0.3, 0.4) is 0 Å². The van der Waals surface area contributed by atoms with Gasteiger partial charge in [0.1, 0.15) is 0 Å². The Bertz CT molecular complexity index is 4540. The first-order valence-electron chi connectivity index (χ1n) is 31.0. The van der Waals surface area contributed by atoms with Crippen LogP contribution in [0, 0.1) is 0 Å². The fraction of sp³-hybridized carbons (Fsp3) is 0.122. The van der Waals surface area contributed by atoms with E-state index in [2.05, 4.69) is 314 Å². The highest BCUT2D eigenvalue weighted by atomic mass is 15.2. The van der Waals surface area contributed by atoms with Crippen LogP contribution in [0.4, 0.5) is 34.1 Å². The van der Waals surface area contributed by atoms with Crippen molar-refractivity contribution in [3.8, 4) is 61.3 Å². The summed E-state index contributed by atoms with van der Waals surface area (Å²) in [6, 6.07) is 106. The summed E-state index contributed by atoms with van der Waals surface area (Å²) in [4.78, 5) is 5.46. The minimum absolute atomic E-state index is 0.0325. The molecule has 0 spiro atoms. The third-order valence-electron chi connectivity index (χ3n) is 18.9. The van der Waals surface area contributed by atoms with E-state index in [4.69, 9.17) is 0 Å². The molecule has 0 atom stereocenters. The number of hydrogen-bond donors (Lipinski definition) is 0. The molecule has 4 heteroatoms. The van der Waals surface area contributed by atoms with Crippen molar-refractivity contribution in [1.82, 2.24) is 4.57 Å². The standard InChI is InChI=1S/C82H66BN3/c1-82(2,3)63-46-43-56(44-47-63)61-45-49-71-75(51-61)85(80-65(57-27-11-5-12-28-57)37-23-38-66(80)58-29-13-6-14-30-58)77-52-62(55-25-9-4-10-26-55)53-78-79(77)83(71)72-50-48-64(84-73-41-21-19-35-69(73)70-36-20-22-42-74(70)84)54-76(72)86(78)81-67(59-31-15-7-16-32-59)39-24-40-68(81)60-33-17-8-18-34-60/h5-8,11-24,27-55H,4,9-10,25-26H2,1-3H3. The number of rotatable bonds is 9. The molecule has 3 heterocycles. The SMILES string of the molecule is CC(C)(C)c1ccc(-c2ccc3c(c2)N(c2c(-c4ccccc4)cccc2-c2ccccc2)c2cc(C4CCCCC4)cc4c2B3c2ccc(-n3c5ccccc5c5ccccc53)cc2N4c2c(-c3ccccc3)cccc2-c2ccccc2)cc1. The molecule has 0 radical (unpaired) electrons. The Morgan fingerprint density at radius 3 is 1.23 bits per heavy atom. The Hall–Kier alpha value is -9.90. The Morgan fingerprint density at radius 2 is 0.767 bits per heavy atom. The van der Waals surface area contributed by atoms with E-state index in [1.807, 2.05) is 0 Å². The van der Waals surface area contributed by atoms with Gasteiger partial charge in [-0.2, -0.15) is 0 Å². The molecule has 3 nitrogen and oxygen atoms in total. The number of fused-ring (bicyclic) bond motifs is 7. The van der Waals surface area contributed by atoms with Crippen LogP contribution in [0.25, 0.3) is 83.1 Å². The lowest BCUT2D eigenvalue weighted by Crippen LogP contribution is -2.61. The molecule has 13 aromatic rings. The largest absolute Gasteiger partial charge is 0.310 e. The summed E-state index contributed by atoms with van der Waals surface area (Å²) in [7, 11) is 0. The topological polar surface area (TPSA) is 11.4 Å². The highest BCUT2D eigenvalue weighted by Crippen LogP contribution is 2.54. The lowest BCUT2D eigenvalue weighted by molar-refractivity contribution is 0.444. The van der Waals surface area contributed by atoms with Crippen LogP contribution in [0.1, 0.15) is 69.9 Å². The van der Waals surface area contributed by atoms with Gasteiger partial charge in [0, 0.05) is 61.5 Å². The molecule has 0 saturated heterocycles. The second-order valence-corrected chi connectivity index (χ2v) is 25.0. The van der Waals surface area contributed by atoms with Crippen molar-refractivity contribution < 1.29 is 0 Å². The Kier molecular flexibility index (Phi) is 12.6. The molecule has 412 valence electrons. The first-order chi connectivity index (χ1) is 42.3. The lowest BCUT2D eigenvalue weighted by atomic mass is 9.33. The van der Waals surface area contributed by atoms with E-state index < -0.39 is 0 Å². The predicted molar refractivity (Wildman–Crippen MR) is 367 cm³/mol. The summed E-state index contributed by atoms with van der Waals surface area (Å²) in [6.45, 7) is 6.78. The van der Waals surface area contributed by atoms with Gasteiger partial charge in [-0.15, -0.1) is 0 Å². The molecule has 0 bridgehead atoms. The number of para-hydroxylation sites is 4. The fourth-order valence-electron chi connectivity index (χ4n) is 14.8. The molecule has 2 aliphatic heterocycles. The maximum Gasteiger partial charge on any atom is 0.252 e. The van der Waals surface area contributed by atoms with Crippen LogP contribution in [0.2, 0.25) is 0 Å². The van der Waals surface area contributed by atoms with Gasteiger partial charge in [-0.1, -0.05) is 277 Å². The molecule has 16 rings (SSSR count). The number of hydrogen-bond acceptors (Lipinski definition) is 2. The molecule has 0 unspecified atom stereocenters. The zero-order chi connectivity index (χ0) is 57.5. The number of aromatic nitrogens is 1. The Morgan fingerprint density at radius 1 is 0.349 bits per heavy atom. The third kappa shape index (κ3) is 8.64. The molecule has 86 heavy (non-hydrogen) atoms. The second-order valence-electron chi connectivity index (χ2n) is 25.0. The van der Waals surface area contributed by atoms with Gasteiger partial charge in [-0.25, -0.2) is 0 Å². The molecule has 12 aromatic carbocycles. The maximum absolute atomic E-state index is 2.73. The van der Waals surface area contributed by atoms with Gasteiger partial charge >= 0.3 is 0 Å². The predicted octanol–water partition coefficient (Wildman–Crippen LogP) is 20.5. The van der Waals surface area contributed by atoms with Crippen LogP contribution in [-0.2, 0) is 5.41 Å². The summed E-state index contributed by atoms with van der Waals surface area (Å²) in [5, 5.41) is 2.50. The molecular formula is C82H66BN3. The van der Waals surface area contributed by atoms with E-state index in [1.165, 1.54) is 158 Å². The van der Waals surface area contributed by atoms with Gasteiger partial charge in [0.05, 0.1) is 22.4 Å². The van der Waals surface area contributed by atoms with Crippen molar-refractivity contribution >= 4 is 79.0 Å². The maximum atomic E-state index is 2.73. The molecule has 1 aliphatic carbocycles. The smallest absolute Gasteiger partial charge is 0.252 e. The number of benzene rings is 12. The molecule has 0 amide bonds. The monoisotopic (exact) mass is 1100 g/mol. The van der Waals surface area contributed by atoms with Crippen molar-refractivity contribution in [2.75, 3.05) is 9.80 Å². The van der Waals surface area contributed by atoms with Gasteiger partial charge in [0.15, 0.2) is 0 Å². The summed E-state index contributed by atoms with van der Waals surface area (Å²) in [5.74, 6) is 0.391. The van der Waals surface area contributed by atoms with Crippen LogP contribution in [0.15, 0.2) is 279 Å². The van der Waals surface area contributed by atoms with E-state index in [0.717, 1.165) is 18.5 Å². The normalized spacial score (nSPS) is 13.9. The minimum Gasteiger partial charge on any atom is -0.310 e. The molecular weight excluding hydrogens is 1040 g/mol. The lowest BCUT2D eigenvalue weighted by Gasteiger charge is -2.46. The fourth-order valence-corrected chi connectivity index (χ4v) is 14.8. The first kappa shape index (κ1) is 51.7. The van der Waals surface area contributed by atoms with E-state index >= 15 is 0 Å². The summed E-state index contributed by atoms with van der Waals surface area (Å²) in [5.41, 5.74) is 29.3. The highest BCUT2D eigenvalue weighted by Gasteiger charge is 2.46. The van der Waals surface area contributed by atoms with Crippen LogP contribution >= 0.6 is 0 Å². The van der Waals surface area contributed by atoms with Crippen molar-refractivity contribution in [2.24, 2.45) is 0 Å². The van der Waals surface area contributed by atoms with Gasteiger partial charge in [0.2, 0.25) is 0 Å². The molecule has 1 saturated carbocycles. The molecule has 0 N–H and O–H groups in total. The van der Waals surface area contributed by atoms with E-state index in [-0.39, 0.29) is 12.1 Å². The van der Waals surface area contributed by atoms with Crippen molar-refractivity contribution in [2.45, 2.75) is 64.2 Å². The van der Waals surface area contributed by atoms with Crippen LogP contribution in [-0.4, -0.2) is 11.3 Å². The van der Waals surface area contributed by atoms with Gasteiger partial charge in [0.25, 0.3) is 6.71 Å². The zero-order valence-corrected chi connectivity index (χ0v) is 49.1. The number of nitrogens with zero attached hydrogens (tertiary/aromatic N) is 3. The van der Waals surface area contributed by atoms with E-state index in [9.17, 15) is 0 Å². The summed E-state index contributed by atoms with van der Waals surface area (Å²) >= 11 is 0. The second kappa shape index (κ2) is 21.0. The van der Waals surface area contributed by atoms with Crippen molar-refractivity contribution in [1.29, 1.82) is 0 Å². The van der Waals surface area contributed by atoms with Crippen LogP contribution in [0.5, 0.6) is 0 Å².